The molecular weight excluding hydrogens is 274 g/mol. The molecule has 100 valence electrons. The third-order valence-electron chi connectivity index (χ3n) is 2.36. The van der Waals surface area contributed by atoms with Gasteiger partial charge in [-0.25, -0.2) is 0 Å². The zero-order valence-corrected chi connectivity index (χ0v) is 12.3. The van der Waals surface area contributed by atoms with Crippen molar-refractivity contribution in [2.24, 2.45) is 9.98 Å². The minimum atomic E-state index is 0.812. The minimum absolute atomic E-state index is 0.812. The molecule has 0 saturated heterocycles. The predicted octanol–water partition coefficient (Wildman–Crippen LogP) is 2.94. The molecule has 0 fully saturated rings. The highest BCUT2D eigenvalue weighted by atomic mass is 32.1. The second-order valence-electron chi connectivity index (χ2n) is 3.85. The Morgan fingerprint density at radius 1 is 0.895 bits per heavy atom. The van der Waals surface area contributed by atoms with Crippen LogP contribution in [-0.4, -0.2) is 38.6 Å². The summed E-state index contributed by atoms with van der Waals surface area (Å²) >= 11 is 3.42. The van der Waals surface area contributed by atoms with Crippen LogP contribution in [0.5, 0.6) is 0 Å². The molecule has 0 aliphatic heterocycles. The number of nitrogens with zero attached hydrogens (tertiary/aromatic N) is 2. The predicted molar refractivity (Wildman–Crippen MR) is 86.4 cm³/mol. The van der Waals surface area contributed by atoms with Crippen LogP contribution in [0.4, 0.5) is 0 Å². The average molecular weight is 291 g/mol. The van der Waals surface area contributed by atoms with Crippen LogP contribution in [0.3, 0.4) is 0 Å². The van der Waals surface area contributed by atoms with Crippen LogP contribution in [0.15, 0.2) is 45.0 Å². The van der Waals surface area contributed by atoms with Crippen molar-refractivity contribution >= 4 is 35.1 Å². The van der Waals surface area contributed by atoms with Gasteiger partial charge >= 0.3 is 0 Å². The van der Waals surface area contributed by atoms with Gasteiger partial charge in [-0.05, 0) is 22.9 Å². The summed E-state index contributed by atoms with van der Waals surface area (Å²) in [6.45, 7) is 3.42. The molecule has 2 aromatic heterocycles. The van der Waals surface area contributed by atoms with Gasteiger partial charge in [-0.15, -0.1) is 22.7 Å². The Labute approximate surface area is 121 Å². The van der Waals surface area contributed by atoms with Gasteiger partial charge < -0.3 is 5.32 Å². The first-order chi connectivity index (χ1) is 9.45. The van der Waals surface area contributed by atoms with Crippen molar-refractivity contribution < 1.29 is 0 Å². The Balaban J connectivity index is 1.48. The lowest BCUT2D eigenvalue weighted by atomic mass is 10.5. The number of aliphatic imine (C=N–C) groups is 2. The van der Waals surface area contributed by atoms with Gasteiger partial charge in [-0.2, -0.15) is 0 Å². The van der Waals surface area contributed by atoms with Gasteiger partial charge in [0, 0.05) is 35.3 Å². The molecule has 0 radical (unpaired) electrons. The molecule has 2 rings (SSSR count). The largest absolute Gasteiger partial charge is 0.313 e. The highest BCUT2D eigenvalue weighted by molar-refractivity contribution is 7.12. The van der Waals surface area contributed by atoms with Crippen molar-refractivity contribution in [2.75, 3.05) is 26.2 Å². The number of hydrogen-bond donors (Lipinski definition) is 1. The first-order valence-electron chi connectivity index (χ1n) is 6.22. The lowest BCUT2D eigenvalue weighted by molar-refractivity contribution is 0.699. The van der Waals surface area contributed by atoms with Crippen LogP contribution in [0.2, 0.25) is 0 Å². The standard InChI is InChI=1S/C14H17N3S2/c1-3-13(18-9-1)11-16-7-5-15-6-8-17-12-14-4-2-10-19-14/h1-4,9-12,15H,5-8H2. The van der Waals surface area contributed by atoms with E-state index in [-0.39, 0.29) is 0 Å². The van der Waals surface area contributed by atoms with Crippen LogP contribution in [0, 0.1) is 0 Å². The molecule has 2 aromatic rings. The zero-order valence-electron chi connectivity index (χ0n) is 10.7. The molecule has 2 heterocycles. The summed E-state index contributed by atoms with van der Waals surface area (Å²) in [7, 11) is 0. The van der Waals surface area contributed by atoms with E-state index < -0.39 is 0 Å². The van der Waals surface area contributed by atoms with Gasteiger partial charge in [0.1, 0.15) is 0 Å². The number of thiophene rings is 2. The van der Waals surface area contributed by atoms with E-state index in [0.717, 1.165) is 26.2 Å². The molecule has 3 nitrogen and oxygen atoms in total. The molecule has 1 N–H and O–H groups in total. The fourth-order valence-corrected chi connectivity index (χ4v) is 2.66. The molecule has 5 heteroatoms. The fourth-order valence-electron chi connectivity index (χ4n) is 1.45. The minimum Gasteiger partial charge on any atom is -0.313 e. The summed E-state index contributed by atoms with van der Waals surface area (Å²) < 4.78 is 0. The van der Waals surface area contributed by atoms with E-state index >= 15 is 0 Å². The summed E-state index contributed by atoms with van der Waals surface area (Å²) in [5, 5.41) is 7.45. The van der Waals surface area contributed by atoms with E-state index in [2.05, 4.69) is 38.2 Å². The molecule has 0 aliphatic carbocycles. The molecule has 0 aliphatic rings. The summed E-state index contributed by atoms with van der Waals surface area (Å²) in [5.41, 5.74) is 0. The van der Waals surface area contributed by atoms with Crippen molar-refractivity contribution in [1.29, 1.82) is 0 Å². The number of rotatable bonds is 8. The Morgan fingerprint density at radius 2 is 1.42 bits per heavy atom. The Hall–Kier alpha value is -1.30. The van der Waals surface area contributed by atoms with E-state index in [1.165, 1.54) is 9.75 Å². The van der Waals surface area contributed by atoms with Crippen molar-refractivity contribution in [3.8, 4) is 0 Å². The van der Waals surface area contributed by atoms with Crippen molar-refractivity contribution in [3.63, 3.8) is 0 Å². The van der Waals surface area contributed by atoms with E-state index in [1.807, 2.05) is 24.6 Å². The second-order valence-corrected chi connectivity index (χ2v) is 5.81. The quantitative estimate of drug-likeness (QED) is 0.589. The van der Waals surface area contributed by atoms with Crippen molar-refractivity contribution in [3.05, 3.63) is 44.8 Å². The summed E-state index contributed by atoms with van der Waals surface area (Å²) in [6.07, 6.45) is 3.86. The lowest BCUT2D eigenvalue weighted by Crippen LogP contribution is -2.20. The van der Waals surface area contributed by atoms with Crippen molar-refractivity contribution in [2.45, 2.75) is 0 Å². The Kier molecular flexibility index (Phi) is 6.49. The van der Waals surface area contributed by atoms with Crippen LogP contribution in [0.25, 0.3) is 0 Å². The third-order valence-corrected chi connectivity index (χ3v) is 3.97. The van der Waals surface area contributed by atoms with Crippen LogP contribution in [-0.2, 0) is 0 Å². The highest BCUT2D eigenvalue weighted by Gasteiger charge is 1.88. The van der Waals surface area contributed by atoms with E-state index in [9.17, 15) is 0 Å². The fraction of sp³-hybridized carbons (Fsp3) is 0.286. The topological polar surface area (TPSA) is 36.8 Å². The van der Waals surface area contributed by atoms with Crippen LogP contribution in [0.1, 0.15) is 9.75 Å². The second kappa shape index (κ2) is 8.74. The molecule has 19 heavy (non-hydrogen) atoms. The first kappa shape index (κ1) is 14.1. The van der Waals surface area contributed by atoms with E-state index in [4.69, 9.17) is 0 Å². The van der Waals surface area contributed by atoms with E-state index in [0.29, 0.717) is 0 Å². The van der Waals surface area contributed by atoms with Gasteiger partial charge in [0.25, 0.3) is 0 Å². The molecular formula is C14H17N3S2. The number of hydrogen-bond acceptors (Lipinski definition) is 5. The average Bonchev–Trinajstić information content (AvgIpc) is 3.10. The van der Waals surface area contributed by atoms with Gasteiger partial charge in [-0.1, -0.05) is 12.1 Å². The van der Waals surface area contributed by atoms with Gasteiger partial charge in [0.15, 0.2) is 0 Å². The molecule has 0 spiro atoms. The maximum absolute atomic E-state index is 4.36. The van der Waals surface area contributed by atoms with Gasteiger partial charge in [0.05, 0.1) is 13.1 Å². The smallest absolute Gasteiger partial charge is 0.0514 e. The van der Waals surface area contributed by atoms with Gasteiger partial charge in [0.2, 0.25) is 0 Å². The molecule has 0 aromatic carbocycles. The maximum atomic E-state index is 4.36. The normalized spacial score (nSPS) is 11.8. The summed E-state index contributed by atoms with van der Waals surface area (Å²) in [5.74, 6) is 0. The van der Waals surface area contributed by atoms with Crippen LogP contribution >= 0.6 is 22.7 Å². The molecule has 0 atom stereocenters. The Morgan fingerprint density at radius 3 is 1.84 bits per heavy atom. The Bertz CT molecular complexity index is 441. The summed E-state index contributed by atoms with van der Waals surface area (Å²) in [6, 6.07) is 8.22. The molecule has 0 saturated carbocycles. The van der Waals surface area contributed by atoms with Crippen molar-refractivity contribution in [1.82, 2.24) is 5.32 Å². The monoisotopic (exact) mass is 291 g/mol. The molecule has 0 unspecified atom stereocenters. The maximum Gasteiger partial charge on any atom is 0.0514 e. The molecule has 0 amide bonds. The van der Waals surface area contributed by atoms with Crippen LogP contribution < -0.4 is 5.32 Å². The number of nitrogens with one attached hydrogen (secondary N) is 1. The van der Waals surface area contributed by atoms with Gasteiger partial charge in [-0.3, -0.25) is 9.98 Å². The first-order valence-corrected chi connectivity index (χ1v) is 7.98. The summed E-state index contributed by atoms with van der Waals surface area (Å²) in [4.78, 5) is 11.1. The third kappa shape index (κ3) is 5.92. The SMILES string of the molecule is C(=NCCNCCN=Cc1cccs1)c1cccs1. The zero-order chi connectivity index (χ0) is 13.2. The van der Waals surface area contributed by atoms with E-state index in [1.54, 1.807) is 22.7 Å². The lowest BCUT2D eigenvalue weighted by Gasteiger charge is -1.98. The molecule has 0 bridgehead atoms. The highest BCUT2D eigenvalue weighted by Crippen LogP contribution is 2.04.